The highest BCUT2D eigenvalue weighted by Gasteiger charge is 2.05. The summed E-state index contributed by atoms with van der Waals surface area (Å²) in [5, 5.41) is 12.8. The normalized spacial score (nSPS) is 10.1. The van der Waals surface area contributed by atoms with E-state index in [-0.39, 0.29) is 11.5 Å². The molecule has 0 saturated carbocycles. The van der Waals surface area contributed by atoms with Crippen molar-refractivity contribution in [3.8, 4) is 5.75 Å². The molecule has 0 amide bonds. The van der Waals surface area contributed by atoms with Crippen molar-refractivity contribution < 1.29 is 9.90 Å². The van der Waals surface area contributed by atoms with Crippen molar-refractivity contribution in [2.75, 3.05) is 5.32 Å². The standard InChI is InChI=1S/C14H12ClNO2/c1-9(17)10-2-7-13(15)14(8-10)16-11-3-5-12(18)6-4-11/h2-8,16,18H,1H3. The van der Waals surface area contributed by atoms with Gasteiger partial charge in [-0.15, -0.1) is 0 Å². The van der Waals surface area contributed by atoms with Gasteiger partial charge in [0.05, 0.1) is 10.7 Å². The minimum atomic E-state index is -0.0135. The van der Waals surface area contributed by atoms with Crippen LogP contribution in [0.4, 0.5) is 11.4 Å². The van der Waals surface area contributed by atoms with Crippen LogP contribution in [0.25, 0.3) is 0 Å². The van der Waals surface area contributed by atoms with Gasteiger partial charge in [-0.05, 0) is 49.4 Å². The summed E-state index contributed by atoms with van der Waals surface area (Å²) in [5.41, 5.74) is 2.05. The van der Waals surface area contributed by atoms with E-state index in [4.69, 9.17) is 11.6 Å². The molecule has 2 aromatic rings. The largest absolute Gasteiger partial charge is 0.508 e. The number of carbonyl (C=O) groups is 1. The first kappa shape index (κ1) is 12.5. The summed E-state index contributed by atoms with van der Waals surface area (Å²) >= 11 is 6.06. The molecule has 0 aliphatic heterocycles. The molecule has 0 saturated heterocycles. The van der Waals surface area contributed by atoms with Gasteiger partial charge in [0.25, 0.3) is 0 Å². The summed E-state index contributed by atoms with van der Waals surface area (Å²) in [4.78, 5) is 11.3. The molecule has 2 rings (SSSR count). The van der Waals surface area contributed by atoms with Crippen molar-refractivity contribution in [3.63, 3.8) is 0 Å². The third-order valence-electron chi connectivity index (χ3n) is 2.52. The number of aromatic hydroxyl groups is 1. The van der Waals surface area contributed by atoms with E-state index in [1.165, 1.54) is 6.92 Å². The average molecular weight is 262 g/mol. The topological polar surface area (TPSA) is 49.3 Å². The number of nitrogens with one attached hydrogen (secondary N) is 1. The van der Waals surface area contributed by atoms with Crippen LogP contribution in [0.5, 0.6) is 5.75 Å². The van der Waals surface area contributed by atoms with Gasteiger partial charge in [-0.3, -0.25) is 4.79 Å². The monoisotopic (exact) mass is 261 g/mol. The van der Waals surface area contributed by atoms with E-state index >= 15 is 0 Å². The molecule has 0 aliphatic carbocycles. The molecular formula is C14H12ClNO2. The molecule has 0 aromatic heterocycles. The molecular weight excluding hydrogens is 250 g/mol. The minimum Gasteiger partial charge on any atom is -0.508 e. The van der Waals surface area contributed by atoms with E-state index in [1.54, 1.807) is 42.5 Å². The molecule has 3 nitrogen and oxygen atoms in total. The fraction of sp³-hybridized carbons (Fsp3) is 0.0714. The highest BCUT2D eigenvalue weighted by atomic mass is 35.5. The Balaban J connectivity index is 2.30. The van der Waals surface area contributed by atoms with Crippen LogP contribution in [0.3, 0.4) is 0 Å². The fourth-order valence-electron chi connectivity index (χ4n) is 1.54. The molecule has 0 bridgehead atoms. The number of hydrogen-bond donors (Lipinski definition) is 2. The SMILES string of the molecule is CC(=O)c1ccc(Cl)c(Nc2ccc(O)cc2)c1. The highest BCUT2D eigenvalue weighted by molar-refractivity contribution is 6.33. The van der Waals surface area contributed by atoms with Crippen LogP contribution < -0.4 is 5.32 Å². The number of carbonyl (C=O) groups excluding carboxylic acids is 1. The lowest BCUT2D eigenvalue weighted by atomic mass is 10.1. The van der Waals surface area contributed by atoms with E-state index in [2.05, 4.69) is 5.32 Å². The first-order chi connectivity index (χ1) is 8.56. The third-order valence-corrected chi connectivity index (χ3v) is 2.85. The maximum atomic E-state index is 11.3. The van der Waals surface area contributed by atoms with Crippen molar-refractivity contribution in [2.45, 2.75) is 6.92 Å². The summed E-state index contributed by atoms with van der Waals surface area (Å²) < 4.78 is 0. The minimum absolute atomic E-state index is 0.0135. The number of phenolic OH excluding ortho intramolecular Hbond substituents is 1. The summed E-state index contributed by atoms with van der Waals surface area (Å²) in [5.74, 6) is 0.185. The Morgan fingerprint density at radius 1 is 1.17 bits per heavy atom. The van der Waals surface area contributed by atoms with Crippen LogP contribution in [0.15, 0.2) is 42.5 Å². The van der Waals surface area contributed by atoms with Crippen molar-refractivity contribution in [2.24, 2.45) is 0 Å². The van der Waals surface area contributed by atoms with Gasteiger partial charge in [0.2, 0.25) is 0 Å². The van der Waals surface area contributed by atoms with Crippen LogP contribution in [-0.4, -0.2) is 10.9 Å². The maximum absolute atomic E-state index is 11.3. The van der Waals surface area contributed by atoms with Crippen molar-refractivity contribution >= 4 is 28.8 Å². The van der Waals surface area contributed by atoms with Crippen LogP contribution in [0.2, 0.25) is 5.02 Å². The molecule has 0 spiro atoms. The Kier molecular flexibility index (Phi) is 3.53. The van der Waals surface area contributed by atoms with Gasteiger partial charge >= 0.3 is 0 Å². The fourth-order valence-corrected chi connectivity index (χ4v) is 1.71. The van der Waals surface area contributed by atoms with Crippen LogP contribution in [0.1, 0.15) is 17.3 Å². The lowest BCUT2D eigenvalue weighted by molar-refractivity contribution is 0.101. The zero-order valence-electron chi connectivity index (χ0n) is 9.77. The molecule has 0 atom stereocenters. The molecule has 0 fully saturated rings. The first-order valence-electron chi connectivity index (χ1n) is 5.43. The summed E-state index contributed by atoms with van der Waals surface area (Å²) in [7, 11) is 0. The molecule has 18 heavy (non-hydrogen) atoms. The predicted octanol–water partition coefficient (Wildman–Crippen LogP) is 3.99. The van der Waals surface area contributed by atoms with E-state index < -0.39 is 0 Å². The second kappa shape index (κ2) is 5.10. The van der Waals surface area contributed by atoms with E-state index in [1.807, 2.05) is 0 Å². The van der Waals surface area contributed by atoms with Gasteiger partial charge in [0.15, 0.2) is 5.78 Å². The summed E-state index contributed by atoms with van der Waals surface area (Å²) in [6, 6.07) is 11.7. The highest BCUT2D eigenvalue weighted by Crippen LogP contribution is 2.27. The number of hydrogen-bond acceptors (Lipinski definition) is 3. The number of benzene rings is 2. The van der Waals surface area contributed by atoms with Crippen molar-refractivity contribution in [3.05, 3.63) is 53.1 Å². The van der Waals surface area contributed by atoms with E-state index in [9.17, 15) is 9.90 Å². The second-order valence-electron chi connectivity index (χ2n) is 3.92. The van der Waals surface area contributed by atoms with Crippen LogP contribution in [0, 0.1) is 0 Å². The van der Waals surface area contributed by atoms with Crippen molar-refractivity contribution in [1.82, 2.24) is 0 Å². The van der Waals surface area contributed by atoms with Crippen molar-refractivity contribution in [1.29, 1.82) is 0 Å². The lowest BCUT2D eigenvalue weighted by Gasteiger charge is -2.09. The predicted molar refractivity (Wildman–Crippen MR) is 72.8 cm³/mol. The molecule has 92 valence electrons. The molecule has 0 aliphatic rings. The van der Waals surface area contributed by atoms with E-state index in [0.717, 1.165) is 5.69 Å². The Morgan fingerprint density at radius 3 is 2.44 bits per heavy atom. The Bertz CT molecular complexity index is 579. The average Bonchev–Trinajstić information content (AvgIpc) is 2.34. The molecule has 2 N–H and O–H groups in total. The van der Waals surface area contributed by atoms with Crippen LogP contribution in [-0.2, 0) is 0 Å². The lowest BCUT2D eigenvalue weighted by Crippen LogP contribution is -1.96. The van der Waals surface area contributed by atoms with Gasteiger partial charge in [-0.1, -0.05) is 11.6 Å². The molecule has 0 heterocycles. The van der Waals surface area contributed by atoms with Gasteiger partial charge in [0, 0.05) is 11.3 Å². The summed E-state index contributed by atoms with van der Waals surface area (Å²) in [6.07, 6.45) is 0. The van der Waals surface area contributed by atoms with Crippen LogP contribution >= 0.6 is 11.6 Å². The van der Waals surface area contributed by atoms with Gasteiger partial charge in [0.1, 0.15) is 5.75 Å². The Labute approximate surface area is 110 Å². The Hall–Kier alpha value is -2.00. The molecule has 0 radical (unpaired) electrons. The molecule has 2 aromatic carbocycles. The first-order valence-corrected chi connectivity index (χ1v) is 5.80. The number of rotatable bonds is 3. The van der Waals surface area contributed by atoms with Gasteiger partial charge in [-0.2, -0.15) is 0 Å². The smallest absolute Gasteiger partial charge is 0.159 e. The number of phenols is 1. The zero-order valence-corrected chi connectivity index (χ0v) is 10.5. The van der Waals surface area contributed by atoms with Gasteiger partial charge < -0.3 is 10.4 Å². The summed E-state index contributed by atoms with van der Waals surface area (Å²) in [6.45, 7) is 1.51. The third kappa shape index (κ3) is 2.81. The number of anilines is 2. The number of ketones is 1. The Morgan fingerprint density at radius 2 is 1.83 bits per heavy atom. The van der Waals surface area contributed by atoms with E-state index in [0.29, 0.717) is 16.3 Å². The molecule has 4 heteroatoms. The second-order valence-corrected chi connectivity index (χ2v) is 4.33. The zero-order chi connectivity index (χ0) is 13.1. The maximum Gasteiger partial charge on any atom is 0.159 e. The quantitative estimate of drug-likeness (QED) is 0.649. The number of Topliss-reactive ketones (excluding diaryl/α,β-unsaturated/α-hetero) is 1. The number of halogens is 1. The molecule has 0 unspecified atom stereocenters. The van der Waals surface area contributed by atoms with Gasteiger partial charge in [-0.25, -0.2) is 0 Å².